The predicted molar refractivity (Wildman–Crippen MR) is 73.8 cm³/mol. The Morgan fingerprint density at radius 1 is 1.32 bits per heavy atom. The van der Waals surface area contributed by atoms with Crippen molar-refractivity contribution in [3.05, 3.63) is 35.1 Å². The summed E-state index contributed by atoms with van der Waals surface area (Å²) in [7, 11) is -0.852. The van der Waals surface area contributed by atoms with Crippen LogP contribution in [0.3, 0.4) is 0 Å². The van der Waals surface area contributed by atoms with E-state index in [1.165, 1.54) is 6.07 Å². The van der Waals surface area contributed by atoms with Gasteiger partial charge >= 0.3 is 0 Å². The molecule has 0 aromatic heterocycles. The van der Waals surface area contributed by atoms with E-state index in [-0.39, 0.29) is 16.3 Å². The lowest BCUT2D eigenvalue weighted by molar-refractivity contribution is 0.00278. The number of aryl methyl sites for hydroxylation is 1. The van der Waals surface area contributed by atoms with E-state index in [1.54, 1.807) is 6.07 Å². The number of fused-ring (bicyclic) bond motifs is 2. The number of hydrogen-bond acceptors (Lipinski definition) is 2. The van der Waals surface area contributed by atoms with Gasteiger partial charge in [-0.05, 0) is 44.2 Å². The highest BCUT2D eigenvalue weighted by Gasteiger charge is 2.47. The fraction of sp³-hybridized carbons (Fsp3) is 0.600. The lowest BCUT2D eigenvalue weighted by atomic mass is 9.78. The molecule has 0 spiro atoms. The maximum Gasteiger partial charge on any atom is 0.129 e. The molecule has 2 unspecified atom stereocenters. The SMILES string of the molecule is Cc1cccc(F)c1C1(O)CC2CCCC(C1)S2=O. The Kier molecular flexibility index (Phi) is 3.26. The molecule has 0 amide bonds. The first-order valence-electron chi connectivity index (χ1n) is 6.88. The molecule has 2 nitrogen and oxygen atoms in total. The van der Waals surface area contributed by atoms with Crippen LogP contribution in [0.25, 0.3) is 0 Å². The summed E-state index contributed by atoms with van der Waals surface area (Å²) in [6, 6.07) is 4.90. The number of halogens is 1. The first kappa shape index (κ1) is 13.3. The normalized spacial score (nSPS) is 38.2. The van der Waals surface area contributed by atoms with E-state index in [2.05, 4.69) is 0 Å². The largest absolute Gasteiger partial charge is 0.385 e. The minimum absolute atomic E-state index is 0.0245. The van der Waals surface area contributed by atoms with Crippen LogP contribution in [0, 0.1) is 12.7 Å². The monoisotopic (exact) mass is 282 g/mol. The van der Waals surface area contributed by atoms with Gasteiger partial charge in [-0.15, -0.1) is 0 Å². The number of aliphatic hydroxyl groups is 1. The average molecular weight is 282 g/mol. The van der Waals surface area contributed by atoms with E-state index >= 15 is 0 Å². The van der Waals surface area contributed by atoms with Gasteiger partial charge in [0.1, 0.15) is 5.82 Å². The summed E-state index contributed by atoms with van der Waals surface area (Å²) in [4.78, 5) is 0. The third-order valence-electron chi connectivity index (χ3n) is 4.53. The van der Waals surface area contributed by atoms with Crippen molar-refractivity contribution in [2.45, 2.75) is 55.1 Å². The third-order valence-corrected chi connectivity index (χ3v) is 6.65. The van der Waals surface area contributed by atoms with Crippen LogP contribution in [0.2, 0.25) is 0 Å². The van der Waals surface area contributed by atoms with Crippen molar-refractivity contribution in [3.63, 3.8) is 0 Å². The molecule has 2 aliphatic heterocycles. The molecule has 0 radical (unpaired) electrons. The molecule has 1 aromatic rings. The standard InChI is InChI=1S/C15H19FO2S/c1-10-4-2-7-13(16)14(10)15(17)8-11-5-3-6-12(9-15)19(11)18/h2,4,7,11-12,17H,3,5-6,8-9H2,1H3. The van der Waals surface area contributed by atoms with Crippen molar-refractivity contribution < 1.29 is 13.7 Å². The molecule has 19 heavy (non-hydrogen) atoms. The van der Waals surface area contributed by atoms with Crippen LogP contribution >= 0.6 is 0 Å². The molecule has 4 heteroatoms. The predicted octanol–water partition coefficient (Wildman–Crippen LogP) is 2.79. The summed E-state index contributed by atoms with van der Waals surface area (Å²) >= 11 is 0. The average Bonchev–Trinajstić information content (AvgIpc) is 2.31. The maximum absolute atomic E-state index is 14.1. The van der Waals surface area contributed by atoms with Crippen LogP contribution in [0.4, 0.5) is 4.39 Å². The van der Waals surface area contributed by atoms with E-state index < -0.39 is 16.4 Å². The molecule has 2 saturated heterocycles. The van der Waals surface area contributed by atoms with Crippen molar-refractivity contribution in [2.75, 3.05) is 0 Å². The summed E-state index contributed by atoms with van der Waals surface area (Å²) in [6.45, 7) is 1.83. The molecule has 1 N–H and O–H groups in total. The van der Waals surface area contributed by atoms with Gasteiger partial charge < -0.3 is 5.11 Å². The Morgan fingerprint density at radius 3 is 2.53 bits per heavy atom. The maximum atomic E-state index is 14.1. The summed E-state index contributed by atoms with van der Waals surface area (Å²) in [6.07, 6.45) is 3.71. The van der Waals surface area contributed by atoms with Gasteiger partial charge in [0.2, 0.25) is 0 Å². The topological polar surface area (TPSA) is 37.3 Å². The van der Waals surface area contributed by atoms with Crippen LogP contribution in [0.15, 0.2) is 18.2 Å². The number of rotatable bonds is 1. The molecule has 0 aliphatic carbocycles. The van der Waals surface area contributed by atoms with E-state index in [4.69, 9.17) is 0 Å². The summed E-state index contributed by atoms with van der Waals surface area (Å²) in [5.74, 6) is -0.340. The number of benzene rings is 1. The summed E-state index contributed by atoms with van der Waals surface area (Å²) in [5, 5.41) is 11.0. The first-order chi connectivity index (χ1) is 9.01. The lowest BCUT2D eigenvalue weighted by Crippen LogP contribution is -2.48. The zero-order valence-electron chi connectivity index (χ0n) is 11.1. The van der Waals surface area contributed by atoms with Crippen LogP contribution in [0.5, 0.6) is 0 Å². The second-order valence-electron chi connectivity index (χ2n) is 5.88. The van der Waals surface area contributed by atoms with Gasteiger partial charge in [0, 0.05) is 26.9 Å². The molecule has 2 aliphatic rings. The minimum Gasteiger partial charge on any atom is -0.385 e. The van der Waals surface area contributed by atoms with Crippen molar-refractivity contribution >= 4 is 10.8 Å². The van der Waals surface area contributed by atoms with Gasteiger partial charge in [0.25, 0.3) is 0 Å². The van der Waals surface area contributed by atoms with Crippen LogP contribution in [-0.4, -0.2) is 19.8 Å². The fourth-order valence-corrected chi connectivity index (χ4v) is 5.93. The molecule has 3 rings (SSSR count). The van der Waals surface area contributed by atoms with Gasteiger partial charge in [-0.3, -0.25) is 4.21 Å². The van der Waals surface area contributed by atoms with Crippen molar-refractivity contribution in [3.8, 4) is 0 Å². The molecule has 104 valence electrons. The minimum atomic E-state index is -1.14. The molecule has 2 heterocycles. The molecule has 0 saturated carbocycles. The third kappa shape index (κ3) is 2.15. The van der Waals surface area contributed by atoms with E-state index in [0.29, 0.717) is 18.4 Å². The summed E-state index contributed by atoms with van der Waals surface area (Å²) in [5.41, 5.74) is 0.0656. The molecule has 2 bridgehead atoms. The Hall–Kier alpha value is -0.740. The lowest BCUT2D eigenvalue weighted by Gasteiger charge is -2.44. The molecular formula is C15H19FO2S. The van der Waals surface area contributed by atoms with Gasteiger partial charge in [-0.25, -0.2) is 4.39 Å². The molecular weight excluding hydrogens is 263 g/mol. The Morgan fingerprint density at radius 2 is 1.95 bits per heavy atom. The second-order valence-corrected chi connectivity index (χ2v) is 7.87. The first-order valence-corrected chi connectivity index (χ1v) is 8.16. The Bertz CT molecular complexity index is 493. The van der Waals surface area contributed by atoms with Crippen LogP contribution < -0.4 is 0 Å². The molecule has 2 atom stereocenters. The van der Waals surface area contributed by atoms with Gasteiger partial charge in [-0.1, -0.05) is 18.6 Å². The van der Waals surface area contributed by atoms with Crippen LogP contribution in [-0.2, 0) is 16.4 Å². The summed E-state index contributed by atoms with van der Waals surface area (Å²) < 4.78 is 26.3. The highest BCUT2D eigenvalue weighted by Crippen LogP contribution is 2.45. The second kappa shape index (κ2) is 4.67. The van der Waals surface area contributed by atoms with E-state index in [1.807, 2.05) is 13.0 Å². The molecule has 2 fully saturated rings. The molecule has 1 aromatic carbocycles. The number of hydrogen-bond donors (Lipinski definition) is 1. The van der Waals surface area contributed by atoms with Gasteiger partial charge in [0.15, 0.2) is 0 Å². The quantitative estimate of drug-likeness (QED) is 0.860. The zero-order chi connectivity index (χ0) is 13.6. The van der Waals surface area contributed by atoms with E-state index in [9.17, 15) is 13.7 Å². The smallest absolute Gasteiger partial charge is 0.129 e. The Balaban J connectivity index is 2.02. The van der Waals surface area contributed by atoms with Crippen molar-refractivity contribution in [2.24, 2.45) is 0 Å². The fourth-order valence-electron chi connectivity index (χ4n) is 3.71. The Labute approximate surface area is 115 Å². The van der Waals surface area contributed by atoms with Crippen LogP contribution in [0.1, 0.15) is 43.2 Å². The van der Waals surface area contributed by atoms with E-state index in [0.717, 1.165) is 24.8 Å². The van der Waals surface area contributed by atoms with Crippen molar-refractivity contribution in [1.29, 1.82) is 0 Å². The zero-order valence-corrected chi connectivity index (χ0v) is 11.9. The highest BCUT2D eigenvalue weighted by atomic mass is 32.2. The van der Waals surface area contributed by atoms with Crippen molar-refractivity contribution in [1.82, 2.24) is 0 Å². The highest BCUT2D eigenvalue weighted by molar-refractivity contribution is 7.86. The van der Waals surface area contributed by atoms with Gasteiger partial charge in [-0.2, -0.15) is 0 Å². The van der Waals surface area contributed by atoms with Gasteiger partial charge in [0.05, 0.1) is 5.60 Å².